The molecule has 5 N–H and O–H groups in total. The second-order valence-electron chi connectivity index (χ2n) is 5.57. The van der Waals surface area contributed by atoms with E-state index in [0.29, 0.717) is 19.3 Å². The molecule has 1 aliphatic carbocycles. The van der Waals surface area contributed by atoms with E-state index in [0.717, 1.165) is 11.4 Å². The molecular formula is C13H16N6O. The van der Waals surface area contributed by atoms with Gasteiger partial charge in [0.15, 0.2) is 11.1 Å². The number of fused-ring (bicyclic) bond motifs is 1. The van der Waals surface area contributed by atoms with Crippen molar-refractivity contribution in [2.75, 3.05) is 0 Å². The van der Waals surface area contributed by atoms with Gasteiger partial charge < -0.3 is 10.8 Å². The first kappa shape index (κ1) is 14.1. The molecule has 0 amide bonds. The van der Waals surface area contributed by atoms with Crippen LogP contribution in [-0.2, 0) is 0 Å². The third-order valence-electron chi connectivity index (χ3n) is 4.90. The van der Waals surface area contributed by atoms with Gasteiger partial charge in [0.1, 0.15) is 17.5 Å². The maximum absolute atomic E-state index is 11.0. The Hall–Kier alpha value is -2.27. The molecule has 7 nitrogen and oxygen atoms in total. The first-order valence-corrected chi connectivity index (χ1v) is 6.35. The number of allylic oxidation sites excluding steroid dienone is 1. The van der Waals surface area contributed by atoms with Crippen molar-refractivity contribution in [1.29, 1.82) is 15.8 Å². The van der Waals surface area contributed by atoms with Crippen molar-refractivity contribution in [3.05, 3.63) is 11.4 Å². The second kappa shape index (κ2) is 4.11. The lowest BCUT2D eigenvalue weighted by molar-refractivity contribution is -0.229. The predicted octanol–water partition coefficient (Wildman–Crippen LogP) is 0.172. The van der Waals surface area contributed by atoms with E-state index >= 15 is 0 Å². The molecule has 2 unspecified atom stereocenters. The van der Waals surface area contributed by atoms with Crippen LogP contribution >= 0.6 is 0 Å². The zero-order chi connectivity index (χ0) is 15.2. The van der Waals surface area contributed by atoms with E-state index in [1.54, 1.807) is 6.92 Å². The molecule has 2 atom stereocenters. The zero-order valence-corrected chi connectivity index (χ0v) is 11.2. The summed E-state index contributed by atoms with van der Waals surface area (Å²) in [5.41, 5.74) is 1.04. The quantitative estimate of drug-likeness (QED) is 0.532. The third-order valence-corrected chi connectivity index (χ3v) is 4.90. The zero-order valence-electron chi connectivity index (χ0n) is 11.2. The molecule has 104 valence electrons. The van der Waals surface area contributed by atoms with Gasteiger partial charge in [-0.15, -0.1) is 0 Å². The molecule has 2 aliphatic rings. The summed E-state index contributed by atoms with van der Waals surface area (Å²) in [4.78, 5) is 0. The molecule has 7 heteroatoms. The fraction of sp³-hybridized carbons (Fsp3) is 0.615. The molecule has 1 heterocycles. The van der Waals surface area contributed by atoms with E-state index in [1.807, 2.05) is 18.2 Å². The average Bonchev–Trinajstić information content (AvgIpc) is 2.45. The molecule has 1 aliphatic heterocycles. The standard InChI is InChI=1S/C13H16N6O/c1-11-4-2-3-5-13(11,20)19(18)10(17)9(6-14)12(11,7-15)8-16/h20H,2-5,17-18H2,1H3. The number of hydrogen-bond donors (Lipinski definition) is 3. The number of aliphatic hydroxyl groups is 1. The Bertz CT molecular complexity index is 592. The van der Waals surface area contributed by atoms with E-state index in [1.165, 1.54) is 0 Å². The highest BCUT2D eigenvalue weighted by Gasteiger charge is 2.69. The maximum Gasteiger partial charge on any atom is 0.191 e. The van der Waals surface area contributed by atoms with Crippen LogP contribution in [0, 0.1) is 44.8 Å². The minimum absolute atomic E-state index is 0.181. The Labute approximate surface area is 117 Å². The van der Waals surface area contributed by atoms with Crippen LogP contribution < -0.4 is 11.6 Å². The summed E-state index contributed by atoms with van der Waals surface area (Å²) in [6.45, 7) is 1.63. The third kappa shape index (κ3) is 1.23. The Morgan fingerprint density at radius 1 is 1.20 bits per heavy atom. The minimum Gasteiger partial charge on any atom is -0.383 e. The Balaban J connectivity index is 2.87. The number of nitrogens with zero attached hydrogens (tertiary/aromatic N) is 4. The van der Waals surface area contributed by atoms with Crippen molar-refractivity contribution in [3.63, 3.8) is 0 Å². The summed E-state index contributed by atoms with van der Waals surface area (Å²) in [5, 5.41) is 40.4. The van der Waals surface area contributed by atoms with Gasteiger partial charge in [-0.05, 0) is 19.3 Å². The molecule has 1 fully saturated rings. The highest BCUT2D eigenvalue weighted by molar-refractivity contribution is 5.50. The number of nitrogens with two attached hydrogens (primary N) is 2. The van der Waals surface area contributed by atoms with E-state index in [9.17, 15) is 20.9 Å². The molecule has 0 saturated heterocycles. The molecular weight excluding hydrogens is 256 g/mol. The lowest BCUT2D eigenvalue weighted by Gasteiger charge is -2.59. The van der Waals surface area contributed by atoms with Crippen molar-refractivity contribution in [2.24, 2.45) is 22.4 Å². The van der Waals surface area contributed by atoms with Gasteiger partial charge in [-0.3, -0.25) is 5.01 Å². The summed E-state index contributed by atoms with van der Waals surface area (Å²) >= 11 is 0. The average molecular weight is 272 g/mol. The van der Waals surface area contributed by atoms with Crippen molar-refractivity contribution < 1.29 is 5.11 Å². The number of hydrazine groups is 1. The second-order valence-corrected chi connectivity index (χ2v) is 5.57. The number of hydrogen-bond acceptors (Lipinski definition) is 7. The van der Waals surface area contributed by atoms with Crippen molar-refractivity contribution >= 4 is 0 Å². The highest BCUT2D eigenvalue weighted by Crippen LogP contribution is 2.61. The SMILES string of the molecule is CC12CCCCC1(O)N(N)C(N)=C(C#N)C2(C#N)C#N. The van der Waals surface area contributed by atoms with Crippen LogP contribution in [-0.4, -0.2) is 15.8 Å². The maximum atomic E-state index is 11.0. The number of nitriles is 3. The van der Waals surface area contributed by atoms with E-state index in [4.69, 9.17) is 11.6 Å². The van der Waals surface area contributed by atoms with Crippen LogP contribution in [0.5, 0.6) is 0 Å². The first-order chi connectivity index (χ1) is 9.34. The summed E-state index contributed by atoms with van der Waals surface area (Å²) in [5.74, 6) is 5.67. The lowest BCUT2D eigenvalue weighted by atomic mass is 9.51. The monoisotopic (exact) mass is 272 g/mol. The van der Waals surface area contributed by atoms with E-state index in [2.05, 4.69) is 0 Å². The first-order valence-electron chi connectivity index (χ1n) is 6.35. The van der Waals surface area contributed by atoms with Gasteiger partial charge in [0.05, 0.1) is 17.6 Å². The fourth-order valence-corrected chi connectivity index (χ4v) is 3.51. The van der Waals surface area contributed by atoms with Gasteiger partial charge in [-0.1, -0.05) is 13.3 Å². The fourth-order valence-electron chi connectivity index (χ4n) is 3.51. The van der Waals surface area contributed by atoms with Gasteiger partial charge in [0, 0.05) is 0 Å². The van der Waals surface area contributed by atoms with E-state index in [-0.39, 0.29) is 11.4 Å². The minimum atomic E-state index is -1.79. The van der Waals surface area contributed by atoms with Crippen LogP contribution in [0.4, 0.5) is 0 Å². The van der Waals surface area contributed by atoms with Crippen molar-refractivity contribution in [2.45, 2.75) is 38.3 Å². The molecule has 0 aromatic carbocycles. The van der Waals surface area contributed by atoms with Crippen LogP contribution in [0.3, 0.4) is 0 Å². The van der Waals surface area contributed by atoms with Gasteiger partial charge in [-0.2, -0.15) is 15.8 Å². The largest absolute Gasteiger partial charge is 0.383 e. The van der Waals surface area contributed by atoms with Crippen LogP contribution in [0.25, 0.3) is 0 Å². The van der Waals surface area contributed by atoms with E-state index < -0.39 is 16.6 Å². The summed E-state index contributed by atoms with van der Waals surface area (Å²) in [6.07, 6.45) is 2.17. The smallest absolute Gasteiger partial charge is 0.191 e. The molecule has 0 spiro atoms. The molecule has 0 aromatic rings. The van der Waals surface area contributed by atoms with Crippen molar-refractivity contribution in [3.8, 4) is 18.2 Å². The topological polar surface area (TPSA) is 147 Å². The highest BCUT2D eigenvalue weighted by atomic mass is 16.3. The lowest BCUT2D eigenvalue weighted by Crippen LogP contribution is -2.71. The predicted molar refractivity (Wildman–Crippen MR) is 68.0 cm³/mol. The Morgan fingerprint density at radius 3 is 2.25 bits per heavy atom. The normalized spacial score (nSPS) is 35.5. The van der Waals surface area contributed by atoms with Gasteiger partial charge in [-0.25, -0.2) is 5.84 Å². The molecule has 1 saturated carbocycles. The van der Waals surface area contributed by atoms with Gasteiger partial charge >= 0.3 is 0 Å². The summed E-state index contributed by atoms with van der Waals surface area (Å²) in [6, 6.07) is 5.67. The number of rotatable bonds is 0. The molecule has 0 aromatic heterocycles. The molecule has 20 heavy (non-hydrogen) atoms. The molecule has 0 bridgehead atoms. The van der Waals surface area contributed by atoms with Crippen LogP contribution in [0.2, 0.25) is 0 Å². The molecule has 0 radical (unpaired) electrons. The van der Waals surface area contributed by atoms with Crippen molar-refractivity contribution in [1.82, 2.24) is 5.01 Å². The summed E-state index contributed by atoms with van der Waals surface area (Å²) < 4.78 is 0. The van der Waals surface area contributed by atoms with Crippen LogP contribution in [0.15, 0.2) is 11.4 Å². The molecule has 2 rings (SSSR count). The van der Waals surface area contributed by atoms with Crippen LogP contribution in [0.1, 0.15) is 32.6 Å². The Morgan fingerprint density at radius 2 is 1.75 bits per heavy atom. The van der Waals surface area contributed by atoms with Gasteiger partial charge in [0.2, 0.25) is 0 Å². The van der Waals surface area contributed by atoms with Gasteiger partial charge in [0.25, 0.3) is 0 Å². The summed E-state index contributed by atoms with van der Waals surface area (Å²) in [7, 11) is 0. The Kier molecular flexibility index (Phi) is 2.91.